The summed E-state index contributed by atoms with van der Waals surface area (Å²) in [4.78, 5) is 22.7. The van der Waals surface area contributed by atoms with Crippen molar-refractivity contribution in [2.45, 2.75) is 6.54 Å². The maximum Gasteiger partial charge on any atom is 0.414 e. The van der Waals surface area contributed by atoms with E-state index in [4.69, 9.17) is 19.8 Å². The second-order valence-electron chi connectivity index (χ2n) is 7.13. The Morgan fingerprint density at radius 3 is 2.09 bits per heavy atom. The summed E-state index contributed by atoms with van der Waals surface area (Å²) in [6.07, 6.45) is 1.83. The van der Waals surface area contributed by atoms with Gasteiger partial charge in [-0.15, -0.1) is 0 Å². The maximum atomic E-state index is 14.0. The summed E-state index contributed by atoms with van der Waals surface area (Å²) in [6, 6.07) is 23.7. The molecule has 4 rings (SSSR count). The molecule has 9 heteroatoms. The first kappa shape index (κ1) is 24.7. The molecular formula is C25H21BrFN3O4. The van der Waals surface area contributed by atoms with E-state index in [2.05, 4.69) is 62.6 Å². The van der Waals surface area contributed by atoms with Gasteiger partial charge in [-0.1, -0.05) is 76.6 Å². The lowest BCUT2D eigenvalue weighted by atomic mass is 10.0. The van der Waals surface area contributed by atoms with Crippen LogP contribution in [0.15, 0.2) is 83.5 Å². The Hall–Kier alpha value is -3.98. The van der Waals surface area contributed by atoms with E-state index in [0.29, 0.717) is 18.1 Å². The van der Waals surface area contributed by atoms with Crippen LogP contribution < -0.4 is 5.32 Å². The molecule has 0 amide bonds. The molecule has 0 radical (unpaired) electrons. The molecule has 174 valence electrons. The summed E-state index contributed by atoms with van der Waals surface area (Å²) in [6.45, 7) is 0.352. The molecule has 0 saturated carbocycles. The highest BCUT2D eigenvalue weighted by molar-refractivity contribution is 9.10. The van der Waals surface area contributed by atoms with Crippen molar-refractivity contribution in [3.63, 3.8) is 0 Å². The number of halogens is 2. The first-order valence-electron chi connectivity index (χ1n) is 10.1. The molecule has 0 aliphatic carbocycles. The Bertz CT molecular complexity index is 1260. The number of aliphatic carboxylic acids is 2. The number of carboxylic acid groups (broad SMARTS) is 2. The quantitative estimate of drug-likeness (QED) is 0.300. The topological polar surface area (TPSA) is 104 Å². The fourth-order valence-corrected chi connectivity index (χ4v) is 3.66. The average Bonchev–Trinajstić information content (AvgIpc) is 3.20. The number of carboxylic acids is 2. The number of aromatic nitrogens is 2. The second kappa shape index (κ2) is 11.2. The highest BCUT2D eigenvalue weighted by Crippen LogP contribution is 2.27. The maximum absolute atomic E-state index is 14.0. The van der Waals surface area contributed by atoms with Gasteiger partial charge in [0, 0.05) is 23.6 Å². The van der Waals surface area contributed by atoms with Gasteiger partial charge in [-0.25, -0.2) is 19.0 Å². The molecule has 1 heterocycles. The first-order valence-corrected chi connectivity index (χ1v) is 10.9. The molecule has 0 unspecified atom stereocenters. The minimum Gasteiger partial charge on any atom is -0.473 e. The standard InChI is InChI=1S/C23H19BrFN3.C2H2O4/c1-28-22(18-12-10-17(11-13-18)16-6-3-2-4-7-16)15-27-23(28)26-14-19-20(24)8-5-9-21(19)25;3-1(4)2(5)6/h2-13,15H,14H2,1H3,(H,26,27);(H,3,4)(H,5,6). The summed E-state index contributed by atoms with van der Waals surface area (Å²) in [5.74, 6) is -3.20. The van der Waals surface area contributed by atoms with Crippen molar-refractivity contribution in [3.8, 4) is 22.4 Å². The van der Waals surface area contributed by atoms with E-state index in [1.54, 1.807) is 6.07 Å². The average molecular weight is 526 g/mol. The number of carbonyl (C=O) groups is 2. The zero-order chi connectivity index (χ0) is 24.7. The van der Waals surface area contributed by atoms with Crippen molar-refractivity contribution in [3.05, 3.63) is 94.8 Å². The van der Waals surface area contributed by atoms with Crippen molar-refractivity contribution >= 4 is 33.8 Å². The molecule has 4 aromatic rings. The van der Waals surface area contributed by atoms with Gasteiger partial charge >= 0.3 is 11.9 Å². The number of hydrogen-bond acceptors (Lipinski definition) is 4. The van der Waals surface area contributed by atoms with Crippen molar-refractivity contribution < 1.29 is 24.2 Å². The summed E-state index contributed by atoms with van der Waals surface area (Å²) in [5.41, 5.74) is 5.02. The summed E-state index contributed by atoms with van der Waals surface area (Å²) in [5, 5.41) is 18.0. The van der Waals surface area contributed by atoms with Crippen LogP contribution in [-0.4, -0.2) is 31.7 Å². The summed E-state index contributed by atoms with van der Waals surface area (Å²) in [7, 11) is 1.95. The number of anilines is 1. The Balaban J connectivity index is 0.000000481. The number of imidazole rings is 1. The summed E-state index contributed by atoms with van der Waals surface area (Å²) < 4.78 is 16.7. The normalized spacial score (nSPS) is 10.2. The van der Waals surface area contributed by atoms with E-state index in [9.17, 15) is 4.39 Å². The molecule has 0 saturated heterocycles. The zero-order valence-corrected chi connectivity index (χ0v) is 19.7. The molecule has 0 aliphatic heterocycles. The smallest absolute Gasteiger partial charge is 0.414 e. The minimum absolute atomic E-state index is 0.243. The van der Waals surface area contributed by atoms with Crippen LogP contribution in [0.2, 0.25) is 0 Å². The number of nitrogens with one attached hydrogen (secondary N) is 1. The van der Waals surface area contributed by atoms with Crippen molar-refractivity contribution in [1.29, 1.82) is 0 Å². The molecule has 7 nitrogen and oxygen atoms in total. The van der Waals surface area contributed by atoms with E-state index in [1.807, 2.05) is 42.1 Å². The first-order chi connectivity index (χ1) is 16.3. The van der Waals surface area contributed by atoms with E-state index in [1.165, 1.54) is 17.2 Å². The van der Waals surface area contributed by atoms with Crippen LogP contribution in [-0.2, 0) is 23.2 Å². The van der Waals surface area contributed by atoms with Crippen LogP contribution in [0.5, 0.6) is 0 Å². The SMILES string of the molecule is Cn1c(-c2ccc(-c3ccccc3)cc2)cnc1NCc1c(F)cccc1Br.O=C(O)C(=O)O. The van der Waals surface area contributed by atoms with E-state index in [0.717, 1.165) is 15.7 Å². The number of hydrogen-bond donors (Lipinski definition) is 3. The van der Waals surface area contributed by atoms with Crippen LogP contribution in [0.25, 0.3) is 22.4 Å². The van der Waals surface area contributed by atoms with Gasteiger partial charge in [0.1, 0.15) is 5.82 Å². The van der Waals surface area contributed by atoms with E-state index in [-0.39, 0.29) is 5.82 Å². The molecule has 34 heavy (non-hydrogen) atoms. The lowest BCUT2D eigenvalue weighted by molar-refractivity contribution is -0.159. The molecule has 3 N–H and O–H groups in total. The molecule has 0 spiro atoms. The third-order valence-corrected chi connectivity index (χ3v) is 5.69. The van der Waals surface area contributed by atoms with E-state index >= 15 is 0 Å². The van der Waals surface area contributed by atoms with Crippen LogP contribution in [0.3, 0.4) is 0 Å². The molecule has 1 aromatic heterocycles. The van der Waals surface area contributed by atoms with Gasteiger partial charge in [0.15, 0.2) is 0 Å². The Morgan fingerprint density at radius 2 is 1.50 bits per heavy atom. The predicted molar refractivity (Wildman–Crippen MR) is 131 cm³/mol. The molecule has 0 bridgehead atoms. The predicted octanol–water partition coefficient (Wildman–Crippen LogP) is 5.42. The van der Waals surface area contributed by atoms with Crippen LogP contribution in [0.4, 0.5) is 10.3 Å². The third-order valence-electron chi connectivity index (χ3n) is 4.94. The van der Waals surface area contributed by atoms with Gasteiger partial charge in [0.05, 0.1) is 11.9 Å². The lowest BCUT2D eigenvalue weighted by Crippen LogP contribution is -2.09. The molecule has 3 aromatic carbocycles. The summed E-state index contributed by atoms with van der Waals surface area (Å²) >= 11 is 3.40. The van der Waals surface area contributed by atoms with Gasteiger partial charge in [0.2, 0.25) is 5.95 Å². The largest absolute Gasteiger partial charge is 0.473 e. The monoisotopic (exact) mass is 525 g/mol. The fourth-order valence-electron chi connectivity index (χ4n) is 3.17. The lowest BCUT2D eigenvalue weighted by Gasteiger charge is -2.10. The number of benzene rings is 3. The van der Waals surface area contributed by atoms with Crippen LogP contribution in [0, 0.1) is 5.82 Å². The Morgan fingerprint density at radius 1 is 0.912 bits per heavy atom. The Kier molecular flexibility index (Phi) is 8.15. The van der Waals surface area contributed by atoms with Gasteiger partial charge < -0.3 is 20.1 Å². The number of rotatable bonds is 5. The van der Waals surface area contributed by atoms with Gasteiger partial charge in [-0.3, -0.25) is 0 Å². The zero-order valence-electron chi connectivity index (χ0n) is 18.1. The van der Waals surface area contributed by atoms with Crippen LogP contribution >= 0.6 is 15.9 Å². The van der Waals surface area contributed by atoms with Crippen molar-refractivity contribution in [2.75, 3.05) is 5.32 Å². The second-order valence-corrected chi connectivity index (χ2v) is 7.99. The van der Waals surface area contributed by atoms with Crippen molar-refractivity contribution in [1.82, 2.24) is 9.55 Å². The molecule has 0 aliphatic rings. The molecular weight excluding hydrogens is 505 g/mol. The van der Waals surface area contributed by atoms with E-state index < -0.39 is 11.9 Å². The highest BCUT2D eigenvalue weighted by atomic mass is 79.9. The minimum atomic E-state index is -1.82. The molecule has 0 atom stereocenters. The van der Waals surface area contributed by atoms with Crippen LogP contribution in [0.1, 0.15) is 5.56 Å². The van der Waals surface area contributed by atoms with Gasteiger partial charge in [0.25, 0.3) is 0 Å². The van der Waals surface area contributed by atoms with Gasteiger partial charge in [-0.2, -0.15) is 0 Å². The fraction of sp³-hybridized carbons (Fsp3) is 0.0800. The highest BCUT2D eigenvalue weighted by Gasteiger charge is 2.11. The van der Waals surface area contributed by atoms with Crippen molar-refractivity contribution in [2.24, 2.45) is 7.05 Å². The van der Waals surface area contributed by atoms with Gasteiger partial charge in [-0.05, 0) is 28.8 Å². The molecule has 0 fully saturated rings. The third kappa shape index (κ3) is 6.08. The Labute approximate surface area is 203 Å². The number of nitrogens with zero attached hydrogens (tertiary/aromatic N) is 2.